The molecular weight excluding hydrogens is 340 g/mol. The van der Waals surface area contributed by atoms with Crippen LogP contribution in [-0.2, 0) is 0 Å². The quantitative estimate of drug-likeness (QED) is 0.481. The molecule has 2 fully saturated rings. The number of aromatic nitrogens is 2. The van der Waals surface area contributed by atoms with Gasteiger partial charge in [0, 0.05) is 45.6 Å². The number of nitrogens with one attached hydrogen (secondary N) is 2. The minimum atomic E-state index is -0.199. The molecule has 1 spiro atoms. The van der Waals surface area contributed by atoms with E-state index < -0.39 is 0 Å². The summed E-state index contributed by atoms with van der Waals surface area (Å²) in [5, 5.41) is 6.28. The third kappa shape index (κ3) is 5.40. The molecule has 0 atom stereocenters. The van der Waals surface area contributed by atoms with Crippen molar-refractivity contribution in [2.24, 2.45) is 10.4 Å². The van der Waals surface area contributed by atoms with Crippen LogP contribution < -0.4 is 10.6 Å². The number of carbonyl (C=O) groups is 1. The van der Waals surface area contributed by atoms with Gasteiger partial charge in [0.1, 0.15) is 5.69 Å². The van der Waals surface area contributed by atoms with Crippen molar-refractivity contribution in [1.82, 2.24) is 25.5 Å². The molecular formula is C20H32N6O. The Bertz CT molecular complexity index is 625. The topological polar surface area (TPSA) is 82.5 Å². The van der Waals surface area contributed by atoms with Gasteiger partial charge in [0.2, 0.25) is 0 Å². The number of aliphatic imine (C=N–C) groups is 1. The minimum Gasteiger partial charge on any atom is -0.354 e. The molecule has 1 saturated heterocycles. The Hall–Kier alpha value is -2.18. The van der Waals surface area contributed by atoms with Crippen molar-refractivity contribution in [3.63, 3.8) is 0 Å². The zero-order valence-electron chi connectivity index (χ0n) is 16.4. The van der Waals surface area contributed by atoms with Crippen LogP contribution in [0.25, 0.3) is 0 Å². The lowest BCUT2D eigenvalue weighted by molar-refractivity contribution is 0.0948. The Balaban J connectivity index is 1.46. The van der Waals surface area contributed by atoms with Crippen molar-refractivity contribution in [3.05, 3.63) is 24.3 Å². The normalized spacial score (nSPS) is 20.2. The number of guanidine groups is 1. The first-order valence-electron chi connectivity index (χ1n) is 10.2. The Labute approximate surface area is 162 Å². The largest absolute Gasteiger partial charge is 0.354 e. The first kappa shape index (κ1) is 19.6. The highest BCUT2D eigenvalue weighted by molar-refractivity contribution is 5.91. The second-order valence-electron chi connectivity index (χ2n) is 7.76. The highest BCUT2D eigenvalue weighted by atomic mass is 16.1. The lowest BCUT2D eigenvalue weighted by atomic mass is 9.74. The summed E-state index contributed by atoms with van der Waals surface area (Å²) < 4.78 is 0. The van der Waals surface area contributed by atoms with Crippen LogP contribution in [0.4, 0.5) is 0 Å². The first-order chi connectivity index (χ1) is 13.2. The van der Waals surface area contributed by atoms with E-state index in [-0.39, 0.29) is 5.91 Å². The van der Waals surface area contributed by atoms with E-state index in [0.717, 1.165) is 19.0 Å². The van der Waals surface area contributed by atoms with Crippen molar-refractivity contribution in [1.29, 1.82) is 0 Å². The van der Waals surface area contributed by atoms with Crippen molar-refractivity contribution >= 4 is 11.9 Å². The Morgan fingerprint density at radius 1 is 1.11 bits per heavy atom. The Kier molecular flexibility index (Phi) is 7.01. The average molecular weight is 373 g/mol. The molecule has 7 heteroatoms. The van der Waals surface area contributed by atoms with Crippen LogP contribution in [0.5, 0.6) is 0 Å². The highest BCUT2D eigenvalue weighted by Gasteiger charge is 2.36. The molecule has 2 aliphatic rings. The molecule has 27 heavy (non-hydrogen) atoms. The van der Waals surface area contributed by atoms with Crippen LogP contribution in [-0.4, -0.2) is 60.0 Å². The average Bonchev–Trinajstić information content (AvgIpc) is 2.94. The van der Waals surface area contributed by atoms with Gasteiger partial charge in [0.05, 0.1) is 6.20 Å². The molecule has 0 bridgehead atoms. The van der Waals surface area contributed by atoms with Crippen LogP contribution in [0, 0.1) is 5.41 Å². The van der Waals surface area contributed by atoms with Crippen LogP contribution in [0.15, 0.2) is 23.6 Å². The summed E-state index contributed by atoms with van der Waals surface area (Å²) in [6, 6.07) is 0. The summed E-state index contributed by atoms with van der Waals surface area (Å²) in [5.41, 5.74) is 0.820. The second kappa shape index (κ2) is 9.67. The summed E-state index contributed by atoms with van der Waals surface area (Å²) in [7, 11) is 1.84. The van der Waals surface area contributed by atoms with Crippen LogP contribution in [0.2, 0.25) is 0 Å². The number of likely N-dealkylation sites (tertiary alicyclic amines) is 1. The third-order valence-electron chi connectivity index (χ3n) is 5.83. The maximum atomic E-state index is 12.0. The zero-order valence-corrected chi connectivity index (χ0v) is 16.4. The highest BCUT2D eigenvalue weighted by Crippen LogP contribution is 2.42. The van der Waals surface area contributed by atoms with Gasteiger partial charge in [-0.3, -0.25) is 14.8 Å². The van der Waals surface area contributed by atoms with Gasteiger partial charge in [0.15, 0.2) is 5.96 Å². The van der Waals surface area contributed by atoms with Gasteiger partial charge in [-0.05, 0) is 31.1 Å². The molecule has 2 N–H and O–H groups in total. The lowest BCUT2D eigenvalue weighted by Crippen LogP contribution is -2.51. The van der Waals surface area contributed by atoms with E-state index in [1.165, 1.54) is 63.8 Å². The molecule has 1 amide bonds. The lowest BCUT2D eigenvalue weighted by Gasteiger charge is -2.44. The Morgan fingerprint density at radius 3 is 2.56 bits per heavy atom. The molecule has 1 aliphatic heterocycles. The van der Waals surface area contributed by atoms with E-state index >= 15 is 0 Å². The van der Waals surface area contributed by atoms with Crippen LogP contribution >= 0.6 is 0 Å². The molecule has 148 valence electrons. The van der Waals surface area contributed by atoms with Crippen molar-refractivity contribution in [2.75, 3.05) is 33.2 Å². The zero-order chi connectivity index (χ0) is 19.0. The number of piperidine rings is 1. The van der Waals surface area contributed by atoms with Gasteiger partial charge in [-0.15, -0.1) is 0 Å². The summed E-state index contributed by atoms with van der Waals surface area (Å²) in [4.78, 5) is 26.8. The molecule has 1 aromatic heterocycles. The van der Waals surface area contributed by atoms with Gasteiger partial charge in [-0.2, -0.15) is 0 Å². The SMILES string of the molecule is CN=C(NCCNC(=O)c1cnccn1)N1CCCC2(CCCCCC2)C1. The minimum absolute atomic E-state index is 0.199. The van der Waals surface area contributed by atoms with E-state index in [2.05, 4.69) is 30.5 Å². The fourth-order valence-corrected chi connectivity index (χ4v) is 4.46. The molecule has 0 unspecified atom stereocenters. The van der Waals surface area contributed by atoms with Gasteiger partial charge in [-0.1, -0.05) is 25.7 Å². The number of carbonyl (C=O) groups excluding carboxylic acids is 1. The second-order valence-corrected chi connectivity index (χ2v) is 7.76. The maximum Gasteiger partial charge on any atom is 0.271 e. The van der Waals surface area contributed by atoms with Gasteiger partial charge in [-0.25, -0.2) is 4.98 Å². The fraction of sp³-hybridized carbons (Fsp3) is 0.700. The molecule has 1 saturated carbocycles. The predicted molar refractivity (Wildman–Crippen MR) is 107 cm³/mol. The smallest absolute Gasteiger partial charge is 0.271 e. The van der Waals surface area contributed by atoms with Crippen molar-refractivity contribution < 1.29 is 4.79 Å². The molecule has 1 aliphatic carbocycles. The van der Waals surface area contributed by atoms with E-state index in [9.17, 15) is 4.79 Å². The number of hydrogen-bond acceptors (Lipinski definition) is 4. The van der Waals surface area contributed by atoms with E-state index in [1.807, 2.05) is 7.05 Å². The summed E-state index contributed by atoms with van der Waals surface area (Å²) in [6.07, 6.45) is 15.4. The molecule has 2 heterocycles. The number of nitrogens with zero attached hydrogens (tertiary/aromatic N) is 4. The first-order valence-corrected chi connectivity index (χ1v) is 10.2. The van der Waals surface area contributed by atoms with E-state index in [0.29, 0.717) is 24.2 Å². The molecule has 0 aromatic carbocycles. The van der Waals surface area contributed by atoms with Crippen LogP contribution in [0.3, 0.4) is 0 Å². The number of hydrogen-bond donors (Lipinski definition) is 2. The molecule has 7 nitrogen and oxygen atoms in total. The fourth-order valence-electron chi connectivity index (χ4n) is 4.46. The van der Waals surface area contributed by atoms with E-state index in [4.69, 9.17) is 0 Å². The summed E-state index contributed by atoms with van der Waals surface area (Å²) in [5.74, 6) is 0.752. The van der Waals surface area contributed by atoms with Gasteiger partial charge < -0.3 is 15.5 Å². The molecule has 0 radical (unpaired) electrons. The van der Waals surface area contributed by atoms with Crippen molar-refractivity contribution in [3.8, 4) is 0 Å². The molecule has 3 rings (SSSR count). The summed E-state index contributed by atoms with van der Waals surface area (Å²) >= 11 is 0. The Morgan fingerprint density at radius 2 is 1.85 bits per heavy atom. The third-order valence-corrected chi connectivity index (χ3v) is 5.83. The maximum absolute atomic E-state index is 12.0. The predicted octanol–water partition coefficient (Wildman–Crippen LogP) is 2.22. The van der Waals surface area contributed by atoms with Gasteiger partial charge in [0.25, 0.3) is 5.91 Å². The van der Waals surface area contributed by atoms with Crippen LogP contribution in [0.1, 0.15) is 61.9 Å². The van der Waals surface area contributed by atoms with Crippen molar-refractivity contribution in [2.45, 2.75) is 51.4 Å². The summed E-state index contributed by atoms with van der Waals surface area (Å²) in [6.45, 7) is 3.33. The monoisotopic (exact) mass is 372 g/mol. The number of rotatable bonds is 4. The number of amides is 1. The molecule has 1 aromatic rings. The standard InChI is InChI=1S/C20H32N6O/c1-21-19(25-13-12-24-18(27)17-15-22-10-11-23-17)26-14-6-9-20(16-26)7-4-2-3-5-8-20/h10-11,15H,2-9,12-14,16H2,1H3,(H,21,25)(H,24,27). The van der Waals surface area contributed by atoms with E-state index in [1.54, 1.807) is 6.20 Å². The van der Waals surface area contributed by atoms with Gasteiger partial charge >= 0.3 is 0 Å².